The van der Waals surface area contributed by atoms with E-state index in [1.165, 1.54) is 6.07 Å². The van der Waals surface area contributed by atoms with Gasteiger partial charge >= 0.3 is 0 Å². The van der Waals surface area contributed by atoms with Crippen LogP contribution >= 0.6 is 0 Å². The van der Waals surface area contributed by atoms with Crippen molar-refractivity contribution in [3.63, 3.8) is 0 Å². The molecule has 0 N–H and O–H groups in total. The van der Waals surface area contributed by atoms with Crippen molar-refractivity contribution in [1.82, 2.24) is 4.98 Å². The Morgan fingerprint density at radius 3 is 2.60 bits per heavy atom. The molecule has 2 heterocycles. The highest BCUT2D eigenvalue weighted by atomic mass is 79.9. The maximum absolute atomic E-state index is 13.3. The summed E-state index contributed by atoms with van der Waals surface area (Å²) in [6.45, 7) is 2.65. The monoisotopic (exact) mass is 398 g/mol. The van der Waals surface area contributed by atoms with E-state index in [-0.39, 0.29) is 22.8 Å². The van der Waals surface area contributed by atoms with E-state index in [4.69, 9.17) is 4.42 Å². The molecule has 0 aliphatic rings. The number of aryl methyl sites for hydroxylation is 1. The second-order valence-electron chi connectivity index (χ2n) is 5.88. The van der Waals surface area contributed by atoms with E-state index in [0.717, 1.165) is 27.8 Å². The summed E-state index contributed by atoms with van der Waals surface area (Å²) >= 11 is 0. The lowest BCUT2D eigenvalue weighted by Crippen LogP contribution is -3.00. The van der Waals surface area contributed by atoms with Crippen LogP contribution in [0.4, 0.5) is 4.39 Å². The fourth-order valence-corrected chi connectivity index (χ4v) is 2.71. The zero-order chi connectivity index (χ0) is 16.5. The van der Waals surface area contributed by atoms with Gasteiger partial charge in [0.2, 0.25) is 5.89 Å². The van der Waals surface area contributed by atoms with Crippen molar-refractivity contribution in [3.8, 4) is 11.5 Å². The predicted octanol–water partition coefficient (Wildman–Crippen LogP) is 1.28. The normalized spacial score (nSPS) is 10.6. The molecule has 0 amide bonds. The van der Waals surface area contributed by atoms with Crippen molar-refractivity contribution in [1.29, 1.82) is 0 Å². The SMILES string of the molecule is Cc1ccc2oc(-c3cc[n+](Cc4cccc(F)c4)cc3)nc2c1.[Br-]. The number of nitrogens with zero attached hydrogens (tertiary/aromatic N) is 2. The zero-order valence-corrected chi connectivity index (χ0v) is 15.2. The van der Waals surface area contributed by atoms with Gasteiger partial charge in [-0.1, -0.05) is 18.2 Å². The molecule has 25 heavy (non-hydrogen) atoms. The first kappa shape index (κ1) is 17.3. The van der Waals surface area contributed by atoms with Crippen LogP contribution in [0.5, 0.6) is 0 Å². The van der Waals surface area contributed by atoms with Gasteiger partial charge in [-0.15, -0.1) is 0 Å². The molecule has 5 heteroatoms. The minimum Gasteiger partial charge on any atom is -1.00 e. The van der Waals surface area contributed by atoms with E-state index in [2.05, 4.69) is 4.98 Å². The Morgan fingerprint density at radius 1 is 1.04 bits per heavy atom. The zero-order valence-electron chi connectivity index (χ0n) is 13.6. The molecular weight excluding hydrogens is 383 g/mol. The van der Waals surface area contributed by atoms with E-state index >= 15 is 0 Å². The number of halogens is 2. The highest BCUT2D eigenvalue weighted by molar-refractivity contribution is 5.76. The number of rotatable bonds is 3. The molecule has 0 fully saturated rings. The molecule has 2 aromatic carbocycles. The summed E-state index contributed by atoms with van der Waals surface area (Å²) in [4.78, 5) is 4.54. The van der Waals surface area contributed by atoms with Gasteiger partial charge in [0.05, 0.1) is 0 Å². The molecule has 126 valence electrons. The van der Waals surface area contributed by atoms with Gasteiger partial charge in [-0.05, 0) is 36.8 Å². The van der Waals surface area contributed by atoms with Gasteiger partial charge in [-0.3, -0.25) is 0 Å². The summed E-state index contributed by atoms with van der Waals surface area (Å²) in [6.07, 6.45) is 3.89. The molecule has 0 radical (unpaired) electrons. The lowest BCUT2D eigenvalue weighted by atomic mass is 10.2. The maximum atomic E-state index is 13.3. The van der Waals surface area contributed by atoms with Crippen LogP contribution in [0.15, 0.2) is 71.4 Å². The smallest absolute Gasteiger partial charge is 0.227 e. The topological polar surface area (TPSA) is 29.9 Å². The van der Waals surface area contributed by atoms with Crippen molar-refractivity contribution >= 4 is 11.1 Å². The van der Waals surface area contributed by atoms with Crippen molar-refractivity contribution in [3.05, 3.63) is 83.9 Å². The van der Waals surface area contributed by atoms with Crippen LogP contribution < -0.4 is 21.5 Å². The van der Waals surface area contributed by atoms with E-state index < -0.39 is 0 Å². The number of benzene rings is 2. The van der Waals surface area contributed by atoms with E-state index in [0.29, 0.717) is 12.4 Å². The van der Waals surface area contributed by atoms with Crippen LogP contribution in [0.25, 0.3) is 22.6 Å². The highest BCUT2D eigenvalue weighted by Crippen LogP contribution is 2.24. The Morgan fingerprint density at radius 2 is 1.84 bits per heavy atom. The standard InChI is InChI=1S/C20H16FN2O.BrH/c1-14-5-6-19-18(11-14)22-20(24-19)16-7-9-23(10-8-16)13-15-3-2-4-17(21)12-15;/h2-12H,13H2,1H3;1H/q+1;/p-1. The molecule has 4 rings (SSSR count). The molecule has 0 spiro atoms. The molecule has 0 saturated heterocycles. The quantitative estimate of drug-likeness (QED) is 0.486. The third-order valence-corrected chi connectivity index (χ3v) is 3.94. The molecular formula is C20H16BrFN2O. The van der Waals surface area contributed by atoms with E-state index in [1.54, 1.807) is 12.1 Å². The molecule has 2 aromatic heterocycles. The number of hydrogen-bond donors (Lipinski definition) is 0. The van der Waals surface area contributed by atoms with Gasteiger partial charge in [-0.2, -0.15) is 0 Å². The number of hydrogen-bond acceptors (Lipinski definition) is 2. The number of aromatic nitrogens is 2. The van der Waals surface area contributed by atoms with Crippen LogP contribution in [0.1, 0.15) is 11.1 Å². The predicted molar refractivity (Wildman–Crippen MR) is 89.9 cm³/mol. The lowest BCUT2D eigenvalue weighted by molar-refractivity contribution is -0.688. The fraction of sp³-hybridized carbons (Fsp3) is 0.100. The first-order valence-electron chi connectivity index (χ1n) is 7.78. The number of pyridine rings is 1. The second kappa shape index (κ2) is 7.15. The molecule has 0 atom stereocenters. The fourth-order valence-electron chi connectivity index (χ4n) is 2.71. The summed E-state index contributed by atoms with van der Waals surface area (Å²) in [5.74, 6) is 0.389. The molecule has 3 nitrogen and oxygen atoms in total. The Labute approximate surface area is 155 Å². The van der Waals surface area contributed by atoms with Gasteiger partial charge in [0.1, 0.15) is 11.3 Å². The largest absolute Gasteiger partial charge is 1.00 e. The second-order valence-corrected chi connectivity index (χ2v) is 5.88. The first-order valence-corrected chi connectivity index (χ1v) is 7.78. The summed E-state index contributed by atoms with van der Waals surface area (Å²) in [5.41, 5.74) is 4.64. The third-order valence-electron chi connectivity index (χ3n) is 3.94. The van der Waals surface area contributed by atoms with Crippen LogP contribution in [-0.4, -0.2) is 4.98 Å². The van der Waals surface area contributed by atoms with Gasteiger partial charge in [-0.25, -0.2) is 13.9 Å². The van der Waals surface area contributed by atoms with Gasteiger partial charge < -0.3 is 21.4 Å². The Balaban J connectivity index is 0.00000182. The van der Waals surface area contributed by atoms with Crippen molar-refractivity contribution in [2.75, 3.05) is 0 Å². The third kappa shape index (κ3) is 3.77. The summed E-state index contributed by atoms with van der Waals surface area (Å²) in [7, 11) is 0. The Kier molecular flexibility index (Phi) is 4.95. The lowest BCUT2D eigenvalue weighted by Gasteiger charge is -1.99. The van der Waals surface area contributed by atoms with E-state index in [1.807, 2.05) is 60.3 Å². The van der Waals surface area contributed by atoms with Gasteiger partial charge in [0.25, 0.3) is 0 Å². The van der Waals surface area contributed by atoms with Crippen molar-refractivity contribution in [2.24, 2.45) is 0 Å². The summed E-state index contributed by atoms with van der Waals surface area (Å²) < 4.78 is 21.1. The average Bonchev–Trinajstić information content (AvgIpc) is 2.98. The highest BCUT2D eigenvalue weighted by Gasteiger charge is 2.10. The van der Waals surface area contributed by atoms with Crippen LogP contribution in [-0.2, 0) is 6.54 Å². The maximum Gasteiger partial charge on any atom is 0.227 e. The summed E-state index contributed by atoms with van der Waals surface area (Å²) in [6, 6.07) is 16.5. The minimum absolute atomic E-state index is 0. The van der Waals surface area contributed by atoms with Crippen molar-refractivity contribution < 1.29 is 30.4 Å². The Hall–Kier alpha value is -2.53. The van der Waals surface area contributed by atoms with Crippen LogP contribution in [0, 0.1) is 12.7 Å². The molecule has 0 unspecified atom stereocenters. The number of oxazole rings is 1. The van der Waals surface area contributed by atoms with Crippen LogP contribution in [0.3, 0.4) is 0 Å². The van der Waals surface area contributed by atoms with Gasteiger partial charge in [0, 0.05) is 23.3 Å². The average molecular weight is 399 g/mol. The molecule has 0 saturated carbocycles. The minimum atomic E-state index is -0.216. The number of fused-ring (bicyclic) bond motifs is 1. The van der Waals surface area contributed by atoms with Gasteiger partial charge in [0.15, 0.2) is 24.5 Å². The van der Waals surface area contributed by atoms with Crippen molar-refractivity contribution in [2.45, 2.75) is 13.5 Å². The molecule has 0 bridgehead atoms. The molecule has 4 aromatic rings. The van der Waals surface area contributed by atoms with E-state index in [9.17, 15) is 4.39 Å². The Bertz CT molecular complexity index is 1010. The summed E-state index contributed by atoms with van der Waals surface area (Å²) in [5, 5.41) is 0. The van der Waals surface area contributed by atoms with Crippen LogP contribution in [0.2, 0.25) is 0 Å². The molecule has 0 aliphatic carbocycles. The first-order chi connectivity index (χ1) is 11.7. The molecule has 0 aliphatic heterocycles.